The van der Waals surface area contributed by atoms with E-state index in [1.54, 1.807) is 6.07 Å². The number of rotatable bonds is 10. The maximum absolute atomic E-state index is 13.5. The van der Waals surface area contributed by atoms with Gasteiger partial charge in [-0.25, -0.2) is 4.39 Å². The smallest absolute Gasteiger partial charge is 0.170 e. The fourth-order valence-electron chi connectivity index (χ4n) is 4.51. The first-order chi connectivity index (χ1) is 15.6. The Hall–Kier alpha value is -1.91. The summed E-state index contributed by atoms with van der Waals surface area (Å²) in [5.41, 5.74) is 0.462. The molecular formula is C27H31Cl2FO3. The number of carbonyl (C=O) groups excluding carboxylic acids is 2. The molecule has 2 aromatic carbocycles. The van der Waals surface area contributed by atoms with E-state index in [-0.39, 0.29) is 23.2 Å². The van der Waals surface area contributed by atoms with Gasteiger partial charge in [-0.1, -0.05) is 48.2 Å². The number of ether oxygens (including phenoxy) is 1. The fraction of sp³-hybridized carbons (Fsp3) is 0.481. The van der Waals surface area contributed by atoms with Crippen LogP contribution < -0.4 is 4.74 Å². The van der Waals surface area contributed by atoms with Crippen LogP contribution in [0.3, 0.4) is 0 Å². The van der Waals surface area contributed by atoms with Gasteiger partial charge in [0.25, 0.3) is 0 Å². The molecule has 0 radical (unpaired) electrons. The van der Waals surface area contributed by atoms with Crippen molar-refractivity contribution < 1.29 is 18.7 Å². The third kappa shape index (κ3) is 7.28. The molecule has 178 valence electrons. The number of Topliss-reactive ketones (excluding diaryl/α,β-unsaturated/α-hetero) is 2. The summed E-state index contributed by atoms with van der Waals surface area (Å²) >= 11 is 11.6. The first-order valence-corrected chi connectivity index (χ1v) is 12.3. The predicted molar refractivity (Wildman–Crippen MR) is 131 cm³/mol. The number of carbonyl (C=O) groups is 2. The maximum Gasteiger partial charge on any atom is 0.170 e. The molecule has 0 aliphatic heterocycles. The lowest BCUT2D eigenvalue weighted by Crippen LogP contribution is -2.29. The Kier molecular flexibility index (Phi) is 8.95. The van der Waals surface area contributed by atoms with Crippen molar-refractivity contribution in [1.82, 2.24) is 0 Å². The van der Waals surface area contributed by atoms with Gasteiger partial charge in [-0.05, 0) is 74.8 Å². The van der Waals surface area contributed by atoms with Crippen LogP contribution in [0.1, 0.15) is 64.4 Å². The molecule has 0 unspecified atom stereocenters. The molecule has 0 atom stereocenters. The molecule has 6 heteroatoms. The van der Waals surface area contributed by atoms with Gasteiger partial charge >= 0.3 is 0 Å². The zero-order valence-corrected chi connectivity index (χ0v) is 20.7. The minimum atomic E-state index is -0.560. The van der Waals surface area contributed by atoms with Gasteiger partial charge in [0.05, 0.1) is 5.02 Å². The van der Waals surface area contributed by atoms with Gasteiger partial charge in [0.15, 0.2) is 5.78 Å². The molecule has 0 heterocycles. The van der Waals surface area contributed by atoms with Crippen LogP contribution in [0, 0.1) is 17.7 Å². The summed E-state index contributed by atoms with van der Waals surface area (Å²) in [5, 5.41) is 0.698. The van der Waals surface area contributed by atoms with Crippen molar-refractivity contribution in [2.45, 2.75) is 64.2 Å². The minimum Gasteiger partial charge on any atom is -0.486 e. The van der Waals surface area contributed by atoms with Crippen LogP contribution in [0.25, 0.3) is 0 Å². The van der Waals surface area contributed by atoms with E-state index in [2.05, 4.69) is 0 Å². The number of benzene rings is 2. The van der Waals surface area contributed by atoms with E-state index < -0.39 is 11.2 Å². The van der Waals surface area contributed by atoms with Crippen molar-refractivity contribution in [3.8, 4) is 5.75 Å². The molecule has 0 aromatic heterocycles. The summed E-state index contributed by atoms with van der Waals surface area (Å²) in [5.74, 6) is 0.886. The van der Waals surface area contributed by atoms with Gasteiger partial charge in [0.2, 0.25) is 0 Å². The summed E-state index contributed by atoms with van der Waals surface area (Å²) in [4.78, 5) is 25.2. The Bertz CT molecular complexity index is 964. The first kappa shape index (κ1) is 25.7. The Morgan fingerprint density at radius 3 is 2.27 bits per heavy atom. The molecule has 0 spiro atoms. The van der Waals surface area contributed by atoms with E-state index in [9.17, 15) is 14.0 Å². The average Bonchev–Trinajstić information content (AvgIpc) is 2.79. The summed E-state index contributed by atoms with van der Waals surface area (Å²) in [7, 11) is 0. The highest BCUT2D eigenvalue weighted by atomic mass is 35.5. The molecule has 33 heavy (non-hydrogen) atoms. The lowest BCUT2D eigenvalue weighted by Gasteiger charge is -2.29. The second kappa shape index (κ2) is 11.5. The fourth-order valence-corrected chi connectivity index (χ4v) is 4.75. The molecule has 0 amide bonds. The number of halogens is 3. The van der Waals surface area contributed by atoms with Crippen LogP contribution in [-0.4, -0.2) is 18.2 Å². The highest BCUT2D eigenvalue weighted by Crippen LogP contribution is 2.35. The second-order valence-electron chi connectivity index (χ2n) is 9.59. The topological polar surface area (TPSA) is 43.4 Å². The first-order valence-electron chi connectivity index (χ1n) is 11.5. The van der Waals surface area contributed by atoms with Crippen molar-refractivity contribution in [2.24, 2.45) is 11.8 Å². The van der Waals surface area contributed by atoms with Crippen molar-refractivity contribution in [3.05, 3.63) is 63.9 Å². The van der Waals surface area contributed by atoms with Crippen LogP contribution in [0.5, 0.6) is 5.75 Å². The number of hydrogen-bond acceptors (Lipinski definition) is 3. The third-order valence-corrected chi connectivity index (χ3v) is 7.37. The predicted octanol–water partition coefficient (Wildman–Crippen LogP) is 7.60. The molecule has 2 aromatic rings. The zero-order valence-electron chi connectivity index (χ0n) is 19.2. The number of ketones is 2. The molecule has 3 rings (SSSR count). The molecule has 0 saturated heterocycles. The Balaban J connectivity index is 1.38. The zero-order chi connectivity index (χ0) is 24.0. The largest absolute Gasteiger partial charge is 0.486 e. The molecule has 3 nitrogen and oxygen atoms in total. The summed E-state index contributed by atoms with van der Waals surface area (Å²) in [6, 6.07) is 11.7. The second-order valence-corrected chi connectivity index (χ2v) is 10.4. The van der Waals surface area contributed by atoms with E-state index in [1.165, 1.54) is 12.1 Å². The lowest BCUT2D eigenvalue weighted by atomic mass is 9.75. The van der Waals surface area contributed by atoms with E-state index in [1.807, 2.05) is 38.1 Å². The van der Waals surface area contributed by atoms with Crippen molar-refractivity contribution in [3.63, 3.8) is 0 Å². The normalized spacial score (nSPS) is 18.7. The van der Waals surface area contributed by atoms with Crippen LogP contribution in [0.4, 0.5) is 4.39 Å². The van der Waals surface area contributed by atoms with Gasteiger partial charge in [0.1, 0.15) is 24.0 Å². The monoisotopic (exact) mass is 492 g/mol. The SMILES string of the molecule is CC(C)(C(=O)CCC1CCC(CC(=O)COc2ccc(Cl)c(F)c2)CC1)c1ccc(Cl)cc1. The molecule has 1 aliphatic rings. The van der Waals surface area contributed by atoms with Gasteiger partial charge in [0, 0.05) is 29.3 Å². The molecule has 1 aliphatic carbocycles. The van der Waals surface area contributed by atoms with E-state index in [4.69, 9.17) is 27.9 Å². The van der Waals surface area contributed by atoms with Gasteiger partial charge in [-0.3, -0.25) is 9.59 Å². The van der Waals surface area contributed by atoms with Crippen molar-refractivity contribution in [2.75, 3.05) is 6.61 Å². The maximum atomic E-state index is 13.5. The van der Waals surface area contributed by atoms with Crippen LogP contribution in [0.15, 0.2) is 42.5 Å². The highest BCUT2D eigenvalue weighted by Gasteiger charge is 2.30. The quantitative estimate of drug-likeness (QED) is 0.342. The Morgan fingerprint density at radius 2 is 1.64 bits per heavy atom. The molecule has 1 fully saturated rings. The summed E-state index contributed by atoms with van der Waals surface area (Å²) in [6.07, 6.45) is 5.98. The van der Waals surface area contributed by atoms with Gasteiger partial charge in [-0.15, -0.1) is 0 Å². The van der Waals surface area contributed by atoms with Crippen LogP contribution in [-0.2, 0) is 15.0 Å². The van der Waals surface area contributed by atoms with E-state index >= 15 is 0 Å². The van der Waals surface area contributed by atoms with Crippen molar-refractivity contribution in [1.29, 1.82) is 0 Å². The molecular weight excluding hydrogens is 462 g/mol. The molecule has 1 saturated carbocycles. The minimum absolute atomic E-state index is 0.0219. The highest BCUT2D eigenvalue weighted by molar-refractivity contribution is 6.31. The van der Waals surface area contributed by atoms with E-state index in [0.717, 1.165) is 37.7 Å². The van der Waals surface area contributed by atoms with E-state index in [0.29, 0.717) is 35.4 Å². The average molecular weight is 493 g/mol. The van der Waals surface area contributed by atoms with Crippen molar-refractivity contribution >= 4 is 34.8 Å². The summed E-state index contributed by atoms with van der Waals surface area (Å²) < 4.78 is 18.9. The Labute approximate surface area is 205 Å². The van der Waals surface area contributed by atoms with Gasteiger partial charge < -0.3 is 4.74 Å². The van der Waals surface area contributed by atoms with Crippen LogP contribution in [0.2, 0.25) is 10.0 Å². The van der Waals surface area contributed by atoms with Crippen LogP contribution >= 0.6 is 23.2 Å². The molecule has 0 N–H and O–H groups in total. The standard InChI is InChI=1S/C27H31Cl2FO3/c1-27(2,20-8-10-21(28)11-9-20)26(32)14-7-18-3-5-19(6-4-18)15-22(31)17-33-23-12-13-24(29)25(30)16-23/h8-13,16,18-19H,3-7,14-15,17H2,1-2H3. The lowest BCUT2D eigenvalue weighted by molar-refractivity contribution is -0.123. The third-order valence-electron chi connectivity index (χ3n) is 6.82. The van der Waals surface area contributed by atoms with Gasteiger partial charge in [-0.2, -0.15) is 0 Å². The summed E-state index contributed by atoms with van der Waals surface area (Å²) in [6.45, 7) is 3.89. The number of hydrogen-bond donors (Lipinski definition) is 0. The molecule has 0 bridgehead atoms. The Morgan fingerprint density at radius 1 is 1.00 bits per heavy atom.